The van der Waals surface area contributed by atoms with E-state index in [-0.39, 0.29) is 0 Å². The fourth-order valence-electron chi connectivity index (χ4n) is 7.93. The molecule has 262 valence electrons. The number of rotatable bonds is 6. The monoisotopic (exact) mass is 733 g/mol. The average molecular weight is 734 g/mol. The number of furan rings is 1. The number of aromatic nitrogens is 3. The zero-order chi connectivity index (χ0) is 37.0. The molecule has 8 aromatic carbocycles. The third-order valence-corrected chi connectivity index (χ3v) is 11.7. The lowest BCUT2D eigenvalue weighted by Crippen LogP contribution is -2.00. The first-order valence-electron chi connectivity index (χ1n) is 18.7. The molecule has 0 bridgehead atoms. The molecule has 0 aliphatic heterocycles. The van der Waals surface area contributed by atoms with E-state index in [9.17, 15) is 0 Å². The molecule has 0 unspecified atom stereocenters. The van der Waals surface area contributed by atoms with Gasteiger partial charge in [0.05, 0.1) is 0 Å². The lowest BCUT2D eigenvalue weighted by molar-refractivity contribution is 0.669. The number of benzene rings is 8. The molecule has 11 aromatic rings. The highest BCUT2D eigenvalue weighted by molar-refractivity contribution is 7.26. The molecule has 0 aliphatic rings. The summed E-state index contributed by atoms with van der Waals surface area (Å²) >= 11 is 1.84. The molecular formula is C51H31N3OS. The van der Waals surface area contributed by atoms with Gasteiger partial charge in [-0.3, -0.25) is 0 Å². The van der Waals surface area contributed by atoms with E-state index in [0.717, 1.165) is 55.3 Å². The van der Waals surface area contributed by atoms with Crippen LogP contribution < -0.4 is 0 Å². The van der Waals surface area contributed by atoms with E-state index in [0.29, 0.717) is 17.5 Å². The molecule has 5 heteroatoms. The Hall–Kier alpha value is -7.21. The highest BCUT2D eigenvalue weighted by Crippen LogP contribution is 2.46. The Bertz CT molecular complexity index is 3230. The Morgan fingerprint density at radius 1 is 0.339 bits per heavy atom. The summed E-state index contributed by atoms with van der Waals surface area (Å²) in [5, 5.41) is 4.52. The normalized spacial score (nSPS) is 11.6. The Kier molecular flexibility index (Phi) is 7.64. The maximum atomic E-state index is 6.58. The van der Waals surface area contributed by atoms with Crippen molar-refractivity contribution in [1.29, 1.82) is 0 Å². The second kappa shape index (κ2) is 13.3. The molecule has 0 N–H and O–H groups in total. The van der Waals surface area contributed by atoms with E-state index in [1.807, 2.05) is 59.9 Å². The lowest BCUT2D eigenvalue weighted by Gasteiger charge is -2.13. The molecule has 0 saturated heterocycles. The predicted octanol–water partition coefficient (Wildman–Crippen LogP) is 14.1. The van der Waals surface area contributed by atoms with Crippen LogP contribution in [0.25, 0.3) is 110 Å². The van der Waals surface area contributed by atoms with Gasteiger partial charge in [0.15, 0.2) is 17.5 Å². The van der Waals surface area contributed by atoms with Crippen LogP contribution in [0.15, 0.2) is 192 Å². The molecule has 3 heterocycles. The Morgan fingerprint density at radius 2 is 0.929 bits per heavy atom. The third kappa shape index (κ3) is 5.48. The molecule has 0 amide bonds. The van der Waals surface area contributed by atoms with Crippen LogP contribution in [0.1, 0.15) is 0 Å². The minimum absolute atomic E-state index is 0.593. The quantitative estimate of drug-likeness (QED) is 0.171. The van der Waals surface area contributed by atoms with Crippen molar-refractivity contribution < 1.29 is 4.42 Å². The van der Waals surface area contributed by atoms with E-state index in [2.05, 4.69) is 140 Å². The number of hydrogen-bond acceptors (Lipinski definition) is 5. The molecule has 11 rings (SSSR count). The zero-order valence-corrected chi connectivity index (χ0v) is 30.9. The summed E-state index contributed by atoms with van der Waals surface area (Å²) in [6.07, 6.45) is 0. The van der Waals surface area contributed by atoms with Gasteiger partial charge in [-0.1, -0.05) is 158 Å². The maximum absolute atomic E-state index is 6.58. The number of hydrogen-bond donors (Lipinski definition) is 0. The van der Waals surface area contributed by atoms with Crippen molar-refractivity contribution in [2.75, 3.05) is 0 Å². The Labute approximate surface area is 327 Å². The number of fused-ring (bicyclic) bond motifs is 6. The summed E-state index contributed by atoms with van der Waals surface area (Å²) in [6.45, 7) is 0. The molecule has 4 nitrogen and oxygen atoms in total. The van der Waals surface area contributed by atoms with Crippen molar-refractivity contribution in [1.82, 2.24) is 15.0 Å². The second-order valence-electron chi connectivity index (χ2n) is 13.9. The van der Waals surface area contributed by atoms with E-state index in [1.165, 1.54) is 36.9 Å². The van der Waals surface area contributed by atoms with Crippen LogP contribution in [0.4, 0.5) is 0 Å². The minimum Gasteiger partial charge on any atom is -0.456 e. The summed E-state index contributed by atoms with van der Waals surface area (Å²) in [7, 11) is 0. The minimum atomic E-state index is 0.593. The summed E-state index contributed by atoms with van der Waals surface area (Å²) in [5.41, 5.74) is 11.4. The second-order valence-corrected chi connectivity index (χ2v) is 15.0. The van der Waals surface area contributed by atoms with Crippen molar-refractivity contribution in [2.24, 2.45) is 0 Å². The lowest BCUT2D eigenvalue weighted by atomic mass is 9.90. The van der Waals surface area contributed by atoms with Crippen molar-refractivity contribution in [3.8, 4) is 67.5 Å². The van der Waals surface area contributed by atoms with Gasteiger partial charge in [0.2, 0.25) is 0 Å². The first-order chi connectivity index (χ1) is 27.7. The van der Waals surface area contributed by atoms with Gasteiger partial charge >= 0.3 is 0 Å². The van der Waals surface area contributed by atoms with E-state index >= 15 is 0 Å². The van der Waals surface area contributed by atoms with Gasteiger partial charge in [-0.05, 0) is 63.7 Å². The topological polar surface area (TPSA) is 51.8 Å². The van der Waals surface area contributed by atoms with Crippen LogP contribution in [0.2, 0.25) is 0 Å². The van der Waals surface area contributed by atoms with Gasteiger partial charge in [0.1, 0.15) is 11.2 Å². The highest BCUT2D eigenvalue weighted by Gasteiger charge is 2.21. The van der Waals surface area contributed by atoms with Crippen molar-refractivity contribution in [3.05, 3.63) is 188 Å². The zero-order valence-electron chi connectivity index (χ0n) is 30.1. The Balaban J connectivity index is 1.13. The first kappa shape index (κ1) is 32.2. The van der Waals surface area contributed by atoms with Crippen molar-refractivity contribution >= 4 is 53.4 Å². The molecule has 0 aliphatic carbocycles. The van der Waals surface area contributed by atoms with Gasteiger partial charge in [-0.15, -0.1) is 11.3 Å². The molecule has 3 aromatic heterocycles. The largest absolute Gasteiger partial charge is 0.456 e. The van der Waals surface area contributed by atoms with Crippen LogP contribution >= 0.6 is 11.3 Å². The van der Waals surface area contributed by atoms with E-state index in [4.69, 9.17) is 19.4 Å². The van der Waals surface area contributed by atoms with Gasteiger partial charge in [0, 0.05) is 47.6 Å². The smallest absolute Gasteiger partial charge is 0.164 e. The van der Waals surface area contributed by atoms with Gasteiger partial charge in [0.25, 0.3) is 0 Å². The average Bonchev–Trinajstić information content (AvgIpc) is 3.85. The van der Waals surface area contributed by atoms with Gasteiger partial charge < -0.3 is 4.42 Å². The number of thiophene rings is 1. The maximum Gasteiger partial charge on any atom is 0.164 e. The summed E-state index contributed by atoms with van der Waals surface area (Å²) in [5.74, 6) is 1.82. The van der Waals surface area contributed by atoms with Gasteiger partial charge in [-0.25, -0.2) is 15.0 Å². The molecule has 0 spiro atoms. The summed E-state index contributed by atoms with van der Waals surface area (Å²) in [4.78, 5) is 15.3. The third-order valence-electron chi connectivity index (χ3n) is 10.6. The SMILES string of the molecule is c1ccc(-c2ccc(-c3nc(-c4ccccc4)nc(-c4cccc5oc6ccc(-c7c(-c8ccccc8)ccc8sc9ccccc9c78)cc6c45)n3)cc2)cc1. The fraction of sp³-hybridized carbons (Fsp3) is 0. The molecule has 0 saturated carbocycles. The van der Waals surface area contributed by atoms with E-state index in [1.54, 1.807) is 0 Å². The summed E-state index contributed by atoms with van der Waals surface area (Å²) in [6, 6.07) is 65.7. The standard InChI is InChI=1S/C51H31N3OS/c1-4-13-32(14-5-1)33-23-25-36(26-24-33)50-52-49(35-17-8-3-9-18-35)53-51(54-50)40-20-12-21-43-47(40)41-31-37(27-29-42(41)55-43)46-38(34-15-6-2-7-16-34)28-30-45-48(46)39-19-10-11-22-44(39)56-45/h1-31H. The number of nitrogens with zero attached hydrogens (tertiary/aromatic N) is 3. The molecule has 0 radical (unpaired) electrons. The molecule has 56 heavy (non-hydrogen) atoms. The van der Waals surface area contributed by atoms with Crippen molar-refractivity contribution in [3.63, 3.8) is 0 Å². The van der Waals surface area contributed by atoms with Crippen LogP contribution in [0.5, 0.6) is 0 Å². The van der Waals surface area contributed by atoms with Crippen molar-refractivity contribution in [2.45, 2.75) is 0 Å². The fourth-order valence-corrected chi connectivity index (χ4v) is 9.04. The summed E-state index contributed by atoms with van der Waals surface area (Å²) < 4.78 is 9.12. The first-order valence-corrected chi connectivity index (χ1v) is 19.5. The van der Waals surface area contributed by atoms with Crippen LogP contribution in [0, 0.1) is 0 Å². The Morgan fingerprint density at radius 3 is 1.68 bits per heavy atom. The van der Waals surface area contributed by atoms with Crippen LogP contribution in [0.3, 0.4) is 0 Å². The highest BCUT2D eigenvalue weighted by atomic mass is 32.1. The van der Waals surface area contributed by atoms with Gasteiger partial charge in [-0.2, -0.15) is 0 Å². The molecule has 0 fully saturated rings. The van der Waals surface area contributed by atoms with Crippen LogP contribution in [-0.2, 0) is 0 Å². The predicted molar refractivity (Wildman–Crippen MR) is 233 cm³/mol. The molecule has 0 atom stereocenters. The van der Waals surface area contributed by atoms with E-state index < -0.39 is 0 Å². The molecular weight excluding hydrogens is 703 g/mol. The van der Waals surface area contributed by atoms with Crippen LogP contribution in [-0.4, -0.2) is 15.0 Å².